The summed E-state index contributed by atoms with van der Waals surface area (Å²) in [6.07, 6.45) is 3.95. The summed E-state index contributed by atoms with van der Waals surface area (Å²) in [5.74, 6) is -1.03. The van der Waals surface area contributed by atoms with Gasteiger partial charge in [0.2, 0.25) is 5.91 Å². The quantitative estimate of drug-likeness (QED) is 0.0976. The average molecular weight is 631 g/mol. The Morgan fingerprint density at radius 2 is 1.82 bits per heavy atom. The summed E-state index contributed by atoms with van der Waals surface area (Å²) in [6, 6.07) is 18.4. The van der Waals surface area contributed by atoms with Crippen LogP contribution in [0.25, 0.3) is 22.2 Å². The summed E-state index contributed by atoms with van der Waals surface area (Å²) >= 11 is 6.32. The third-order valence-corrected chi connectivity index (χ3v) is 7.16. The van der Waals surface area contributed by atoms with Gasteiger partial charge in [0.25, 0.3) is 5.91 Å². The van der Waals surface area contributed by atoms with E-state index in [0.717, 1.165) is 28.8 Å². The number of esters is 1. The number of amides is 2. The fraction of sp³-hybridized carbons (Fsp3) is 0.294. The summed E-state index contributed by atoms with van der Waals surface area (Å²) in [5.41, 5.74) is 3.48. The summed E-state index contributed by atoms with van der Waals surface area (Å²) in [5, 5.41) is 18.2. The molecule has 0 saturated heterocycles. The topological polar surface area (TPSA) is 128 Å². The Bertz CT molecular complexity index is 1710. The van der Waals surface area contributed by atoms with Gasteiger partial charge >= 0.3 is 5.97 Å². The van der Waals surface area contributed by atoms with Crippen LogP contribution in [0.5, 0.6) is 0 Å². The maximum Gasteiger partial charge on any atom is 0.331 e. The first kappa shape index (κ1) is 33.2. The molecule has 0 bridgehead atoms. The molecule has 0 atom stereocenters. The number of rotatable bonds is 13. The average Bonchev–Trinajstić information content (AvgIpc) is 3.40. The molecule has 10 nitrogen and oxygen atoms in total. The van der Waals surface area contributed by atoms with Gasteiger partial charge < -0.3 is 25.6 Å². The standard InChI is InChI=1S/C34H39ClN6O4/c1-6-10-31(43)45-34(2,3)21-36-33(44)23-17-22(18-25(19-23)38-30(42)13-9-16-41(4)5)32-26-15-14-24(20-29(26)39-40-32)37-28-12-8-7-11-27(28)35/h6-8,10-12,14-15,17-20,37H,9,13,16,21H2,1-5H3,(H,36,44)(H,38,42)(H,39,40)/b10-6+. The largest absolute Gasteiger partial charge is 0.455 e. The summed E-state index contributed by atoms with van der Waals surface area (Å²) in [6.45, 7) is 6.02. The van der Waals surface area contributed by atoms with Crippen molar-refractivity contribution in [3.63, 3.8) is 0 Å². The number of nitrogens with one attached hydrogen (secondary N) is 4. The van der Waals surface area contributed by atoms with Gasteiger partial charge in [0.15, 0.2) is 0 Å². The number of nitrogens with zero attached hydrogens (tertiary/aromatic N) is 2. The second-order valence-corrected chi connectivity index (χ2v) is 12.0. The molecule has 2 amide bonds. The van der Waals surface area contributed by atoms with E-state index in [-0.39, 0.29) is 18.4 Å². The highest BCUT2D eigenvalue weighted by molar-refractivity contribution is 6.33. The SMILES string of the molecule is C/C=C/C(=O)OC(C)(C)CNC(=O)c1cc(NC(=O)CCCN(C)C)cc(-c2n[nH]c3cc(Nc4ccccc4Cl)ccc23)c1. The van der Waals surface area contributed by atoms with Crippen LogP contribution < -0.4 is 16.0 Å². The van der Waals surface area contributed by atoms with Gasteiger partial charge in [0.05, 0.1) is 28.5 Å². The molecular formula is C34H39ClN6O4. The normalized spacial score (nSPS) is 11.6. The zero-order chi connectivity index (χ0) is 32.6. The molecule has 1 heterocycles. The molecule has 4 N–H and O–H groups in total. The van der Waals surface area contributed by atoms with Crippen molar-refractivity contribution in [1.82, 2.24) is 20.4 Å². The Hall–Kier alpha value is -4.67. The number of hydrogen-bond donors (Lipinski definition) is 4. The van der Waals surface area contributed by atoms with E-state index < -0.39 is 11.6 Å². The number of halogens is 1. The number of H-pyrrole nitrogens is 1. The molecule has 0 saturated carbocycles. The highest BCUT2D eigenvalue weighted by atomic mass is 35.5. The van der Waals surface area contributed by atoms with Crippen molar-refractivity contribution >= 4 is 57.3 Å². The van der Waals surface area contributed by atoms with E-state index >= 15 is 0 Å². The number of hydrogen-bond acceptors (Lipinski definition) is 7. The fourth-order valence-corrected chi connectivity index (χ4v) is 4.84. The molecule has 0 aliphatic carbocycles. The lowest BCUT2D eigenvalue weighted by atomic mass is 10.0. The van der Waals surface area contributed by atoms with E-state index in [1.165, 1.54) is 6.08 Å². The minimum absolute atomic E-state index is 0.0815. The molecule has 11 heteroatoms. The van der Waals surface area contributed by atoms with Gasteiger partial charge in [-0.15, -0.1) is 0 Å². The van der Waals surface area contributed by atoms with Crippen LogP contribution in [-0.2, 0) is 14.3 Å². The molecule has 4 aromatic rings. The molecule has 1 aromatic heterocycles. The first-order chi connectivity index (χ1) is 21.4. The number of carbonyl (C=O) groups excluding carboxylic acids is 3. The van der Waals surface area contributed by atoms with Gasteiger partial charge in [0.1, 0.15) is 5.60 Å². The van der Waals surface area contributed by atoms with Gasteiger partial charge in [-0.3, -0.25) is 14.7 Å². The minimum atomic E-state index is -0.943. The van der Waals surface area contributed by atoms with Crippen LogP contribution in [0.15, 0.2) is 72.8 Å². The van der Waals surface area contributed by atoms with Crippen LogP contribution in [0, 0.1) is 0 Å². The summed E-state index contributed by atoms with van der Waals surface area (Å²) in [4.78, 5) is 40.2. The van der Waals surface area contributed by atoms with Gasteiger partial charge in [-0.25, -0.2) is 4.79 Å². The number of anilines is 3. The second kappa shape index (κ2) is 14.9. The highest BCUT2D eigenvalue weighted by Crippen LogP contribution is 2.32. The number of ether oxygens (including phenoxy) is 1. The third-order valence-electron chi connectivity index (χ3n) is 6.83. The van der Waals surface area contributed by atoms with E-state index in [2.05, 4.69) is 26.1 Å². The molecule has 0 spiro atoms. The monoisotopic (exact) mass is 630 g/mol. The maximum atomic E-state index is 13.4. The van der Waals surface area contributed by atoms with Gasteiger partial charge in [0, 0.05) is 40.4 Å². The molecule has 0 aliphatic heterocycles. The number of allylic oxidation sites excluding steroid dienone is 1. The Labute approximate surface area is 268 Å². The molecule has 3 aromatic carbocycles. The zero-order valence-electron chi connectivity index (χ0n) is 26.2. The number of aromatic nitrogens is 2. The van der Waals surface area contributed by atoms with E-state index in [1.807, 2.05) is 61.5 Å². The van der Waals surface area contributed by atoms with Crippen LogP contribution in [0.1, 0.15) is 44.0 Å². The molecular weight excluding hydrogens is 592 g/mol. The molecule has 236 valence electrons. The number of benzene rings is 3. The van der Waals surface area contributed by atoms with E-state index in [4.69, 9.17) is 16.3 Å². The Morgan fingerprint density at radius 3 is 2.56 bits per heavy atom. The lowest BCUT2D eigenvalue weighted by Crippen LogP contribution is -2.41. The summed E-state index contributed by atoms with van der Waals surface area (Å²) < 4.78 is 5.45. The Balaban J connectivity index is 1.61. The van der Waals surface area contributed by atoms with Crippen LogP contribution in [0.4, 0.5) is 17.1 Å². The zero-order valence-corrected chi connectivity index (χ0v) is 26.9. The first-order valence-corrected chi connectivity index (χ1v) is 15.1. The van der Waals surface area contributed by atoms with Gasteiger partial charge in [-0.05, 0) is 96.4 Å². The molecule has 45 heavy (non-hydrogen) atoms. The molecule has 0 radical (unpaired) electrons. The maximum absolute atomic E-state index is 13.4. The van der Waals surface area contributed by atoms with Crippen molar-refractivity contribution in [2.24, 2.45) is 0 Å². The third kappa shape index (κ3) is 9.41. The first-order valence-electron chi connectivity index (χ1n) is 14.7. The van der Waals surface area contributed by atoms with E-state index in [0.29, 0.717) is 40.4 Å². The number of aromatic amines is 1. The van der Waals surface area contributed by atoms with Crippen molar-refractivity contribution in [3.8, 4) is 11.3 Å². The lowest BCUT2D eigenvalue weighted by Gasteiger charge is -2.24. The van der Waals surface area contributed by atoms with Gasteiger partial charge in [-0.1, -0.05) is 29.8 Å². The van der Waals surface area contributed by atoms with Gasteiger partial charge in [-0.2, -0.15) is 5.10 Å². The van der Waals surface area contributed by atoms with E-state index in [1.54, 1.807) is 45.0 Å². The number of para-hydroxylation sites is 1. The smallest absolute Gasteiger partial charge is 0.331 e. The van der Waals surface area contributed by atoms with Crippen LogP contribution in [0.2, 0.25) is 5.02 Å². The van der Waals surface area contributed by atoms with Crippen molar-refractivity contribution in [3.05, 3.63) is 83.4 Å². The highest BCUT2D eigenvalue weighted by Gasteiger charge is 2.24. The second-order valence-electron chi connectivity index (χ2n) is 11.6. The lowest BCUT2D eigenvalue weighted by molar-refractivity contribution is -0.149. The van der Waals surface area contributed by atoms with Crippen LogP contribution in [0.3, 0.4) is 0 Å². The number of fused-ring (bicyclic) bond motifs is 1. The molecule has 0 aliphatic rings. The van der Waals surface area contributed by atoms with Crippen molar-refractivity contribution in [1.29, 1.82) is 0 Å². The van der Waals surface area contributed by atoms with Crippen LogP contribution >= 0.6 is 11.6 Å². The number of carbonyl (C=O) groups is 3. The van der Waals surface area contributed by atoms with E-state index in [9.17, 15) is 14.4 Å². The fourth-order valence-electron chi connectivity index (χ4n) is 4.66. The molecule has 0 fully saturated rings. The van der Waals surface area contributed by atoms with Crippen LogP contribution in [-0.4, -0.2) is 65.7 Å². The predicted octanol–water partition coefficient (Wildman–Crippen LogP) is 6.53. The van der Waals surface area contributed by atoms with Crippen molar-refractivity contribution < 1.29 is 19.1 Å². The molecule has 0 unspecified atom stereocenters. The predicted molar refractivity (Wildman–Crippen MR) is 180 cm³/mol. The summed E-state index contributed by atoms with van der Waals surface area (Å²) in [7, 11) is 3.91. The Kier molecular flexibility index (Phi) is 11.0. The minimum Gasteiger partial charge on any atom is -0.455 e. The van der Waals surface area contributed by atoms with Crippen molar-refractivity contribution in [2.45, 2.75) is 39.2 Å². The Morgan fingerprint density at radius 1 is 1.04 bits per heavy atom. The molecule has 4 rings (SSSR count). The van der Waals surface area contributed by atoms with Crippen molar-refractivity contribution in [2.75, 3.05) is 37.8 Å².